The summed E-state index contributed by atoms with van der Waals surface area (Å²) in [4.78, 5) is 18.4. The Hall–Kier alpha value is -2.44. The lowest BCUT2D eigenvalue weighted by atomic mass is 10.2. The fourth-order valence-corrected chi connectivity index (χ4v) is 2.91. The van der Waals surface area contributed by atoms with Crippen LogP contribution in [0.3, 0.4) is 0 Å². The Morgan fingerprint density at radius 2 is 1.92 bits per heavy atom. The summed E-state index contributed by atoms with van der Waals surface area (Å²) in [5, 5.41) is 0. The normalized spacial score (nSPS) is 22.1. The zero-order chi connectivity index (χ0) is 18.2. The number of nitrogens with zero attached hydrogens (tertiary/aromatic N) is 2. The first-order valence-electron chi connectivity index (χ1n) is 8.25. The van der Waals surface area contributed by atoms with Crippen LogP contribution < -0.4 is 9.47 Å². The Kier molecular flexibility index (Phi) is 4.49. The van der Waals surface area contributed by atoms with E-state index >= 15 is 0 Å². The van der Waals surface area contributed by atoms with Gasteiger partial charge in [0, 0.05) is 5.56 Å². The maximum atomic E-state index is 12.2. The average molecular weight is 348 g/mol. The van der Waals surface area contributed by atoms with Crippen molar-refractivity contribution < 1.29 is 23.7 Å². The van der Waals surface area contributed by atoms with Crippen LogP contribution in [0.15, 0.2) is 23.2 Å². The van der Waals surface area contributed by atoms with Crippen LogP contribution >= 0.6 is 0 Å². The second-order valence-electron chi connectivity index (χ2n) is 7.11. The van der Waals surface area contributed by atoms with Crippen LogP contribution in [0, 0.1) is 0 Å². The SMILES string of the molecule is COc1ccc(C2=NC3CN(C(=O)OC(C)(C)C)CC3O2)cc1OC. The van der Waals surface area contributed by atoms with Gasteiger partial charge in [0.05, 0.1) is 27.3 Å². The second kappa shape index (κ2) is 6.46. The van der Waals surface area contributed by atoms with Crippen molar-refractivity contribution in [2.75, 3.05) is 27.3 Å². The predicted octanol–water partition coefficient (Wildman–Crippen LogP) is 2.47. The Morgan fingerprint density at radius 3 is 2.52 bits per heavy atom. The van der Waals surface area contributed by atoms with Crippen LogP contribution in [0.5, 0.6) is 11.5 Å². The molecule has 0 N–H and O–H groups in total. The summed E-state index contributed by atoms with van der Waals surface area (Å²) in [6, 6.07) is 5.47. The minimum Gasteiger partial charge on any atom is -0.493 e. The topological polar surface area (TPSA) is 69.6 Å². The summed E-state index contributed by atoms with van der Waals surface area (Å²) in [7, 11) is 3.18. The highest BCUT2D eigenvalue weighted by Crippen LogP contribution is 2.31. The van der Waals surface area contributed by atoms with E-state index in [4.69, 9.17) is 18.9 Å². The number of ether oxygens (including phenoxy) is 4. The van der Waals surface area contributed by atoms with Crippen molar-refractivity contribution in [3.05, 3.63) is 23.8 Å². The maximum Gasteiger partial charge on any atom is 0.410 e. The number of hydrogen-bond donors (Lipinski definition) is 0. The highest BCUT2D eigenvalue weighted by atomic mass is 16.6. The van der Waals surface area contributed by atoms with Crippen molar-refractivity contribution in [2.45, 2.75) is 38.5 Å². The molecule has 2 atom stereocenters. The van der Waals surface area contributed by atoms with Gasteiger partial charge in [0.15, 0.2) is 11.5 Å². The molecule has 3 rings (SSSR count). The minimum absolute atomic E-state index is 0.0735. The van der Waals surface area contributed by atoms with Crippen LogP contribution in [0.1, 0.15) is 26.3 Å². The van der Waals surface area contributed by atoms with Gasteiger partial charge in [0.1, 0.15) is 17.7 Å². The molecule has 7 heteroatoms. The molecule has 0 radical (unpaired) electrons. The van der Waals surface area contributed by atoms with E-state index in [2.05, 4.69) is 4.99 Å². The van der Waals surface area contributed by atoms with Crippen LogP contribution in [0.4, 0.5) is 4.79 Å². The monoisotopic (exact) mass is 348 g/mol. The molecular weight excluding hydrogens is 324 g/mol. The van der Waals surface area contributed by atoms with Crippen molar-refractivity contribution >= 4 is 12.0 Å². The van der Waals surface area contributed by atoms with E-state index in [1.54, 1.807) is 19.1 Å². The molecule has 1 amide bonds. The molecule has 2 unspecified atom stereocenters. The van der Waals surface area contributed by atoms with E-state index < -0.39 is 5.60 Å². The second-order valence-corrected chi connectivity index (χ2v) is 7.11. The number of methoxy groups -OCH3 is 2. The lowest BCUT2D eigenvalue weighted by molar-refractivity contribution is 0.0272. The number of aliphatic imine (C=N–C) groups is 1. The zero-order valence-corrected chi connectivity index (χ0v) is 15.2. The van der Waals surface area contributed by atoms with Gasteiger partial charge in [-0.25, -0.2) is 9.79 Å². The first-order valence-corrected chi connectivity index (χ1v) is 8.25. The van der Waals surface area contributed by atoms with Gasteiger partial charge < -0.3 is 23.8 Å². The number of benzene rings is 1. The molecule has 1 fully saturated rings. The zero-order valence-electron chi connectivity index (χ0n) is 15.2. The molecule has 0 aromatic heterocycles. The van der Waals surface area contributed by atoms with Gasteiger partial charge in [-0.3, -0.25) is 0 Å². The molecule has 2 aliphatic rings. The highest BCUT2D eigenvalue weighted by Gasteiger charge is 2.43. The van der Waals surface area contributed by atoms with Crippen molar-refractivity contribution in [1.29, 1.82) is 0 Å². The molecule has 1 aromatic rings. The fourth-order valence-electron chi connectivity index (χ4n) is 2.91. The van der Waals surface area contributed by atoms with Gasteiger partial charge in [-0.1, -0.05) is 0 Å². The lowest BCUT2D eigenvalue weighted by Gasteiger charge is -2.24. The molecule has 0 aliphatic carbocycles. The first kappa shape index (κ1) is 17.4. The van der Waals surface area contributed by atoms with E-state index in [0.717, 1.165) is 5.56 Å². The number of carbonyl (C=O) groups excluding carboxylic acids is 1. The molecule has 0 bridgehead atoms. The van der Waals surface area contributed by atoms with Gasteiger partial charge >= 0.3 is 6.09 Å². The third kappa shape index (κ3) is 3.65. The Balaban J connectivity index is 1.70. The maximum absolute atomic E-state index is 12.2. The van der Waals surface area contributed by atoms with Gasteiger partial charge in [-0.15, -0.1) is 0 Å². The molecule has 25 heavy (non-hydrogen) atoms. The average Bonchev–Trinajstić information content (AvgIpc) is 3.11. The summed E-state index contributed by atoms with van der Waals surface area (Å²) in [5.41, 5.74) is 0.319. The van der Waals surface area contributed by atoms with E-state index in [9.17, 15) is 4.79 Å². The van der Waals surface area contributed by atoms with Gasteiger partial charge in [0.25, 0.3) is 0 Å². The first-order chi connectivity index (χ1) is 11.8. The summed E-state index contributed by atoms with van der Waals surface area (Å²) >= 11 is 0. The molecule has 136 valence electrons. The van der Waals surface area contributed by atoms with E-state index in [0.29, 0.717) is 30.5 Å². The Labute approximate surface area is 147 Å². The number of likely N-dealkylation sites (tertiary alicyclic amines) is 1. The highest BCUT2D eigenvalue weighted by molar-refractivity contribution is 5.96. The summed E-state index contributed by atoms with van der Waals surface area (Å²) in [6.45, 7) is 6.53. The standard InChI is InChI=1S/C18H24N2O5/c1-18(2,3)25-17(21)20-9-12-15(10-20)24-16(19-12)11-6-7-13(22-4)14(8-11)23-5/h6-8,12,15H,9-10H2,1-5H3. The molecule has 0 saturated carbocycles. The Morgan fingerprint density at radius 1 is 1.20 bits per heavy atom. The lowest BCUT2D eigenvalue weighted by Crippen LogP contribution is -2.36. The van der Waals surface area contributed by atoms with Crippen LogP contribution in [-0.4, -0.2) is 61.9 Å². The quantitative estimate of drug-likeness (QED) is 0.839. The predicted molar refractivity (Wildman–Crippen MR) is 92.6 cm³/mol. The summed E-state index contributed by atoms with van der Waals surface area (Å²) in [5.74, 6) is 1.85. The smallest absolute Gasteiger partial charge is 0.410 e. The van der Waals surface area contributed by atoms with Crippen molar-refractivity contribution in [2.24, 2.45) is 4.99 Å². The Bertz CT molecular complexity index is 695. The molecule has 7 nitrogen and oxygen atoms in total. The minimum atomic E-state index is -0.510. The third-order valence-electron chi connectivity index (χ3n) is 4.07. The molecular formula is C18H24N2O5. The molecule has 2 heterocycles. The number of hydrogen-bond acceptors (Lipinski definition) is 6. The third-order valence-corrected chi connectivity index (χ3v) is 4.07. The largest absolute Gasteiger partial charge is 0.493 e. The van der Waals surface area contributed by atoms with Crippen molar-refractivity contribution in [1.82, 2.24) is 4.90 Å². The molecule has 0 spiro atoms. The summed E-state index contributed by atoms with van der Waals surface area (Å²) in [6.07, 6.45) is -0.469. The van der Waals surface area contributed by atoms with Crippen molar-refractivity contribution in [3.63, 3.8) is 0 Å². The van der Waals surface area contributed by atoms with Crippen molar-refractivity contribution in [3.8, 4) is 11.5 Å². The molecule has 2 aliphatic heterocycles. The van der Waals surface area contributed by atoms with Crippen LogP contribution in [0.2, 0.25) is 0 Å². The van der Waals surface area contributed by atoms with Gasteiger partial charge in [-0.2, -0.15) is 0 Å². The van der Waals surface area contributed by atoms with Crippen LogP contribution in [-0.2, 0) is 9.47 Å². The number of amides is 1. The van der Waals surface area contributed by atoms with E-state index in [-0.39, 0.29) is 18.2 Å². The summed E-state index contributed by atoms with van der Waals surface area (Å²) < 4.78 is 21.9. The number of rotatable bonds is 3. The van der Waals surface area contributed by atoms with Gasteiger partial charge in [0.2, 0.25) is 5.90 Å². The molecule has 1 aromatic carbocycles. The number of fused-ring (bicyclic) bond motifs is 1. The fraction of sp³-hybridized carbons (Fsp3) is 0.556. The van der Waals surface area contributed by atoms with E-state index in [1.165, 1.54) is 0 Å². The molecule has 1 saturated heterocycles. The van der Waals surface area contributed by atoms with E-state index in [1.807, 2.05) is 39.0 Å². The van der Waals surface area contributed by atoms with Crippen LogP contribution in [0.25, 0.3) is 0 Å². The van der Waals surface area contributed by atoms with Gasteiger partial charge in [-0.05, 0) is 39.0 Å². The number of carbonyl (C=O) groups is 1.